The molecular weight excluding hydrogens is 250 g/mol. The third-order valence-electron chi connectivity index (χ3n) is 4.35. The van der Waals surface area contributed by atoms with Crippen molar-refractivity contribution in [2.24, 2.45) is 0 Å². The molecule has 0 amide bonds. The Hall–Kier alpha value is -2.00. The molecule has 102 valence electrons. The Kier molecular flexibility index (Phi) is 2.67. The van der Waals surface area contributed by atoms with Crippen molar-refractivity contribution < 1.29 is 9.84 Å². The van der Waals surface area contributed by atoms with E-state index < -0.39 is 0 Å². The quantitative estimate of drug-likeness (QED) is 0.878. The molecule has 0 spiro atoms. The van der Waals surface area contributed by atoms with Crippen molar-refractivity contribution in [2.45, 2.75) is 24.9 Å². The predicted octanol–water partition coefficient (Wildman–Crippen LogP) is 3.10. The number of hydrogen-bond donors (Lipinski definition) is 2. The summed E-state index contributed by atoms with van der Waals surface area (Å²) in [5, 5.41) is 13.6. The molecule has 3 nitrogen and oxygen atoms in total. The van der Waals surface area contributed by atoms with Crippen LogP contribution in [0.1, 0.15) is 35.2 Å². The summed E-state index contributed by atoms with van der Waals surface area (Å²) in [6.45, 7) is 0.685. The molecule has 20 heavy (non-hydrogen) atoms. The number of benzene rings is 2. The van der Waals surface area contributed by atoms with Crippen LogP contribution in [0.3, 0.4) is 0 Å². The summed E-state index contributed by atoms with van der Waals surface area (Å²) in [5.41, 5.74) is 3.56. The van der Waals surface area contributed by atoms with Gasteiger partial charge >= 0.3 is 0 Å². The highest BCUT2D eigenvalue weighted by molar-refractivity contribution is 5.45. The molecule has 2 unspecified atom stereocenters. The first-order chi connectivity index (χ1) is 9.83. The monoisotopic (exact) mass is 267 g/mol. The Morgan fingerprint density at radius 1 is 1.00 bits per heavy atom. The minimum absolute atomic E-state index is 0.240. The summed E-state index contributed by atoms with van der Waals surface area (Å²) in [5.74, 6) is 1.41. The molecule has 0 fully saturated rings. The molecule has 3 heteroatoms. The molecule has 0 aromatic heterocycles. The van der Waals surface area contributed by atoms with Crippen molar-refractivity contribution in [1.82, 2.24) is 5.32 Å². The zero-order chi connectivity index (χ0) is 13.5. The first kappa shape index (κ1) is 11.8. The molecule has 2 aliphatic rings. The minimum atomic E-state index is 0.240. The van der Waals surface area contributed by atoms with Crippen LogP contribution in [0.15, 0.2) is 42.5 Å². The van der Waals surface area contributed by atoms with Gasteiger partial charge < -0.3 is 15.2 Å². The van der Waals surface area contributed by atoms with Crippen LogP contribution >= 0.6 is 0 Å². The average molecular weight is 267 g/mol. The van der Waals surface area contributed by atoms with Gasteiger partial charge in [0.1, 0.15) is 18.1 Å². The zero-order valence-corrected chi connectivity index (χ0v) is 11.2. The van der Waals surface area contributed by atoms with E-state index >= 15 is 0 Å². The fourth-order valence-electron chi connectivity index (χ4n) is 3.35. The fraction of sp³-hybridized carbons (Fsp3) is 0.294. The molecule has 4 rings (SSSR count). The lowest BCUT2D eigenvalue weighted by Crippen LogP contribution is -2.26. The van der Waals surface area contributed by atoms with Gasteiger partial charge in [0.25, 0.3) is 0 Å². The topological polar surface area (TPSA) is 41.5 Å². The van der Waals surface area contributed by atoms with Crippen molar-refractivity contribution in [3.8, 4) is 11.5 Å². The Labute approximate surface area is 118 Å². The highest BCUT2D eigenvalue weighted by Crippen LogP contribution is 2.39. The van der Waals surface area contributed by atoms with Crippen LogP contribution in [0.4, 0.5) is 0 Å². The number of aromatic hydroxyl groups is 1. The van der Waals surface area contributed by atoms with Crippen LogP contribution in [0.2, 0.25) is 0 Å². The lowest BCUT2D eigenvalue weighted by Gasteiger charge is -2.19. The molecule has 0 radical (unpaired) electrons. The van der Waals surface area contributed by atoms with E-state index in [-0.39, 0.29) is 6.04 Å². The van der Waals surface area contributed by atoms with Crippen molar-refractivity contribution in [3.63, 3.8) is 0 Å². The fourth-order valence-corrected chi connectivity index (χ4v) is 3.35. The Morgan fingerprint density at radius 2 is 1.85 bits per heavy atom. The van der Waals surface area contributed by atoms with Gasteiger partial charge in [0, 0.05) is 11.6 Å². The molecule has 0 saturated carbocycles. The molecule has 1 aliphatic carbocycles. The van der Waals surface area contributed by atoms with Gasteiger partial charge in [0.2, 0.25) is 0 Å². The number of ether oxygens (including phenoxy) is 1. The minimum Gasteiger partial charge on any atom is -0.508 e. The number of rotatable bonds is 2. The second kappa shape index (κ2) is 4.53. The van der Waals surface area contributed by atoms with Gasteiger partial charge in [0.15, 0.2) is 0 Å². The van der Waals surface area contributed by atoms with Crippen LogP contribution in [-0.4, -0.2) is 11.7 Å². The van der Waals surface area contributed by atoms with E-state index in [1.54, 1.807) is 6.07 Å². The number of nitrogens with one attached hydrogen (secondary N) is 1. The van der Waals surface area contributed by atoms with E-state index in [1.807, 2.05) is 18.2 Å². The van der Waals surface area contributed by atoms with Gasteiger partial charge in [-0.2, -0.15) is 0 Å². The van der Waals surface area contributed by atoms with Crippen LogP contribution < -0.4 is 10.1 Å². The summed E-state index contributed by atoms with van der Waals surface area (Å²) in [4.78, 5) is 0. The summed E-state index contributed by atoms with van der Waals surface area (Å²) in [7, 11) is 0. The standard InChI is InChI=1S/C17H17NO2/c19-16-6-3-5-11-12(16)8-9-14(11)18-15-10-20-17-7-2-1-4-13(15)17/h1-7,14-15,18-19H,8-10H2. The maximum absolute atomic E-state index is 9.92. The van der Waals surface area contributed by atoms with Crippen LogP contribution in [0.5, 0.6) is 11.5 Å². The normalized spacial score (nSPS) is 23.2. The third-order valence-corrected chi connectivity index (χ3v) is 4.35. The number of hydrogen-bond acceptors (Lipinski definition) is 3. The second-order valence-electron chi connectivity index (χ2n) is 5.50. The maximum atomic E-state index is 9.92. The van der Waals surface area contributed by atoms with Gasteiger partial charge in [0.05, 0.1) is 6.04 Å². The van der Waals surface area contributed by atoms with E-state index in [0.717, 1.165) is 24.2 Å². The Bertz CT molecular complexity index is 653. The Morgan fingerprint density at radius 3 is 2.80 bits per heavy atom. The van der Waals surface area contributed by atoms with Crippen molar-refractivity contribution in [1.29, 1.82) is 0 Å². The van der Waals surface area contributed by atoms with E-state index in [4.69, 9.17) is 4.74 Å². The molecule has 2 aromatic rings. The summed E-state index contributed by atoms with van der Waals surface area (Å²) in [6, 6.07) is 14.6. The number of phenolic OH excluding ortho intramolecular Hbond substituents is 1. The van der Waals surface area contributed by atoms with Crippen LogP contribution in [0, 0.1) is 0 Å². The highest BCUT2D eigenvalue weighted by Gasteiger charge is 2.30. The van der Waals surface area contributed by atoms with Gasteiger partial charge in [-0.3, -0.25) is 0 Å². The average Bonchev–Trinajstić information content (AvgIpc) is 3.06. The number of para-hydroxylation sites is 1. The van der Waals surface area contributed by atoms with E-state index in [0.29, 0.717) is 18.4 Å². The molecule has 0 bridgehead atoms. The van der Waals surface area contributed by atoms with Crippen molar-refractivity contribution in [3.05, 3.63) is 59.2 Å². The van der Waals surface area contributed by atoms with Crippen LogP contribution in [0.25, 0.3) is 0 Å². The molecule has 0 saturated heterocycles. The smallest absolute Gasteiger partial charge is 0.124 e. The third kappa shape index (κ3) is 1.78. The highest BCUT2D eigenvalue weighted by atomic mass is 16.5. The number of fused-ring (bicyclic) bond motifs is 2. The van der Waals surface area contributed by atoms with Crippen molar-refractivity contribution >= 4 is 0 Å². The first-order valence-electron chi connectivity index (χ1n) is 7.11. The summed E-state index contributed by atoms with van der Waals surface area (Å²) in [6.07, 6.45) is 1.97. The molecule has 2 aromatic carbocycles. The maximum Gasteiger partial charge on any atom is 0.124 e. The van der Waals surface area contributed by atoms with Gasteiger partial charge in [-0.05, 0) is 36.1 Å². The summed E-state index contributed by atoms with van der Waals surface area (Å²) < 4.78 is 5.72. The zero-order valence-electron chi connectivity index (χ0n) is 11.2. The number of phenols is 1. The van der Waals surface area contributed by atoms with E-state index in [1.165, 1.54) is 11.1 Å². The SMILES string of the molecule is Oc1cccc2c1CCC2NC1COc2ccccc21. The van der Waals surface area contributed by atoms with Crippen molar-refractivity contribution in [2.75, 3.05) is 6.61 Å². The van der Waals surface area contributed by atoms with E-state index in [2.05, 4.69) is 23.5 Å². The lowest BCUT2D eigenvalue weighted by atomic mass is 10.0. The Balaban J connectivity index is 1.60. The van der Waals surface area contributed by atoms with E-state index in [9.17, 15) is 5.11 Å². The lowest BCUT2D eigenvalue weighted by molar-refractivity contribution is 0.297. The molecule has 1 aliphatic heterocycles. The summed E-state index contributed by atoms with van der Waals surface area (Å²) >= 11 is 0. The molecule has 1 heterocycles. The molecule has 2 atom stereocenters. The first-order valence-corrected chi connectivity index (χ1v) is 7.11. The van der Waals surface area contributed by atoms with Gasteiger partial charge in [-0.15, -0.1) is 0 Å². The molecular formula is C17H17NO2. The van der Waals surface area contributed by atoms with Gasteiger partial charge in [-0.1, -0.05) is 30.3 Å². The second-order valence-corrected chi connectivity index (χ2v) is 5.50. The molecule has 2 N–H and O–H groups in total. The largest absolute Gasteiger partial charge is 0.508 e. The predicted molar refractivity (Wildman–Crippen MR) is 77.0 cm³/mol. The van der Waals surface area contributed by atoms with Gasteiger partial charge in [-0.25, -0.2) is 0 Å². The van der Waals surface area contributed by atoms with Crippen LogP contribution in [-0.2, 0) is 6.42 Å².